The van der Waals surface area contributed by atoms with E-state index in [4.69, 9.17) is 17.3 Å². The molecule has 0 heterocycles. The lowest BCUT2D eigenvalue weighted by molar-refractivity contribution is -0.113. The number of carbonyl (C=O) groups is 1. The highest BCUT2D eigenvalue weighted by atomic mass is 35.5. The molecule has 4 nitrogen and oxygen atoms in total. The van der Waals surface area contributed by atoms with Crippen molar-refractivity contribution in [2.24, 2.45) is 0 Å². The van der Waals surface area contributed by atoms with E-state index in [9.17, 15) is 9.00 Å². The zero-order valence-corrected chi connectivity index (χ0v) is 13.0. The van der Waals surface area contributed by atoms with Crippen molar-refractivity contribution in [2.45, 2.75) is 11.8 Å². The predicted molar refractivity (Wildman–Crippen MR) is 86.9 cm³/mol. The quantitative estimate of drug-likeness (QED) is 0.850. The van der Waals surface area contributed by atoms with Gasteiger partial charge in [0.05, 0.1) is 15.7 Å². The second-order valence-corrected chi connectivity index (χ2v) is 6.39. The first-order valence-corrected chi connectivity index (χ1v) is 7.96. The Kier molecular flexibility index (Phi) is 4.98. The lowest BCUT2D eigenvalue weighted by Crippen LogP contribution is -2.20. The SMILES string of the molecule is Cc1ccccc1NC(=O)CS(=O)c1cc(Cl)ccc1N. The Morgan fingerprint density at radius 3 is 2.71 bits per heavy atom. The molecule has 0 aromatic heterocycles. The van der Waals surface area contributed by atoms with E-state index in [-0.39, 0.29) is 11.7 Å². The molecule has 110 valence electrons. The van der Waals surface area contributed by atoms with E-state index in [1.165, 1.54) is 6.07 Å². The molecule has 1 amide bonds. The first-order chi connectivity index (χ1) is 9.97. The molecule has 2 aromatic rings. The van der Waals surface area contributed by atoms with Crippen LogP contribution in [-0.2, 0) is 15.6 Å². The zero-order valence-electron chi connectivity index (χ0n) is 11.4. The van der Waals surface area contributed by atoms with E-state index in [2.05, 4.69) is 5.32 Å². The highest BCUT2D eigenvalue weighted by Crippen LogP contribution is 2.21. The number of nitrogens with one attached hydrogen (secondary N) is 1. The second-order valence-electron chi connectivity index (χ2n) is 4.54. The van der Waals surface area contributed by atoms with Gasteiger partial charge in [0.1, 0.15) is 5.75 Å². The molecule has 0 aliphatic carbocycles. The summed E-state index contributed by atoms with van der Waals surface area (Å²) >= 11 is 5.86. The molecule has 0 spiro atoms. The van der Waals surface area contributed by atoms with Gasteiger partial charge in [-0.1, -0.05) is 29.8 Å². The number of halogens is 1. The van der Waals surface area contributed by atoms with Crippen LogP contribution >= 0.6 is 11.6 Å². The number of hydrogen-bond acceptors (Lipinski definition) is 3. The molecular formula is C15H15ClN2O2S. The lowest BCUT2D eigenvalue weighted by Gasteiger charge is -2.09. The number of carbonyl (C=O) groups excluding carboxylic acids is 1. The summed E-state index contributed by atoms with van der Waals surface area (Å²) < 4.78 is 12.2. The van der Waals surface area contributed by atoms with Crippen LogP contribution in [0.15, 0.2) is 47.4 Å². The summed E-state index contributed by atoms with van der Waals surface area (Å²) in [6, 6.07) is 12.1. The summed E-state index contributed by atoms with van der Waals surface area (Å²) in [5, 5.41) is 3.18. The van der Waals surface area contributed by atoms with Crippen LogP contribution in [0.2, 0.25) is 5.02 Å². The Balaban J connectivity index is 2.08. The highest BCUT2D eigenvalue weighted by molar-refractivity contribution is 7.86. The normalized spacial score (nSPS) is 11.9. The van der Waals surface area contributed by atoms with E-state index in [0.717, 1.165) is 5.56 Å². The van der Waals surface area contributed by atoms with Crippen molar-refractivity contribution < 1.29 is 9.00 Å². The number of nitrogens with two attached hydrogens (primary N) is 1. The van der Waals surface area contributed by atoms with Gasteiger partial charge in [-0.3, -0.25) is 9.00 Å². The molecule has 1 unspecified atom stereocenters. The average molecular weight is 323 g/mol. The maximum Gasteiger partial charge on any atom is 0.237 e. The molecule has 0 aliphatic heterocycles. The van der Waals surface area contributed by atoms with Crippen molar-refractivity contribution in [2.75, 3.05) is 16.8 Å². The molecule has 21 heavy (non-hydrogen) atoms. The second kappa shape index (κ2) is 6.74. The number of para-hydroxylation sites is 1. The van der Waals surface area contributed by atoms with Crippen molar-refractivity contribution >= 4 is 39.7 Å². The molecule has 6 heteroatoms. The van der Waals surface area contributed by atoms with Gasteiger partial charge < -0.3 is 11.1 Å². The minimum atomic E-state index is -1.54. The third kappa shape index (κ3) is 4.06. The fourth-order valence-corrected chi connectivity index (χ4v) is 3.09. The summed E-state index contributed by atoms with van der Waals surface area (Å²) in [5.74, 6) is -0.499. The Bertz CT molecular complexity index is 704. The van der Waals surface area contributed by atoms with Gasteiger partial charge in [0, 0.05) is 16.4 Å². The number of amides is 1. The van der Waals surface area contributed by atoms with E-state index < -0.39 is 10.8 Å². The van der Waals surface area contributed by atoms with Gasteiger partial charge in [0.25, 0.3) is 0 Å². The number of hydrogen-bond donors (Lipinski definition) is 2. The number of aryl methyl sites for hydroxylation is 1. The molecule has 0 saturated heterocycles. The fourth-order valence-electron chi connectivity index (χ4n) is 1.80. The van der Waals surface area contributed by atoms with Crippen LogP contribution in [0.4, 0.5) is 11.4 Å². The largest absolute Gasteiger partial charge is 0.398 e. The Morgan fingerprint density at radius 2 is 2.00 bits per heavy atom. The molecule has 0 bridgehead atoms. The van der Waals surface area contributed by atoms with Crippen LogP contribution in [0.5, 0.6) is 0 Å². The van der Waals surface area contributed by atoms with Crippen molar-refractivity contribution in [1.82, 2.24) is 0 Å². The monoisotopic (exact) mass is 322 g/mol. The van der Waals surface area contributed by atoms with Crippen molar-refractivity contribution in [1.29, 1.82) is 0 Å². The van der Waals surface area contributed by atoms with Crippen LogP contribution in [0.1, 0.15) is 5.56 Å². The Morgan fingerprint density at radius 1 is 1.29 bits per heavy atom. The van der Waals surface area contributed by atoms with Crippen molar-refractivity contribution in [3.05, 3.63) is 53.1 Å². The summed E-state index contributed by atoms with van der Waals surface area (Å²) in [5.41, 5.74) is 7.77. The van der Waals surface area contributed by atoms with Crippen LogP contribution < -0.4 is 11.1 Å². The van der Waals surface area contributed by atoms with Crippen LogP contribution in [0.3, 0.4) is 0 Å². The minimum absolute atomic E-state index is 0.168. The molecule has 3 N–H and O–H groups in total. The molecular weight excluding hydrogens is 308 g/mol. The van der Waals surface area contributed by atoms with Crippen molar-refractivity contribution in [3.63, 3.8) is 0 Å². The molecule has 2 rings (SSSR count). The molecule has 0 radical (unpaired) electrons. The summed E-state index contributed by atoms with van der Waals surface area (Å²) in [4.78, 5) is 12.3. The van der Waals surface area contributed by atoms with Gasteiger partial charge in [-0.25, -0.2) is 0 Å². The minimum Gasteiger partial charge on any atom is -0.398 e. The van der Waals surface area contributed by atoms with Gasteiger partial charge in [-0.2, -0.15) is 0 Å². The maximum atomic E-state index is 12.2. The first-order valence-electron chi connectivity index (χ1n) is 6.26. The van der Waals surface area contributed by atoms with Crippen LogP contribution in [0.25, 0.3) is 0 Å². The Labute approximate surface area is 130 Å². The van der Waals surface area contributed by atoms with Gasteiger partial charge >= 0.3 is 0 Å². The number of anilines is 2. The standard InChI is InChI=1S/C15H15ClN2O2S/c1-10-4-2-3-5-13(10)18-15(19)9-21(20)14-8-11(16)6-7-12(14)17/h2-8H,9,17H2,1H3,(H,18,19). The van der Waals surface area contributed by atoms with E-state index in [1.807, 2.05) is 25.1 Å². The van der Waals surface area contributed by atoms with E-state index in [0.29, 0.717) is 21.3 Å². The molecule has 2 aromatic carbocycles. The molecule has 1 atom stereocenters. The summed E-state index contributed by atoms with van der Waals surface area (Å²) in [6.07, 6.45) is 0. The predicted octanol–water partition coefficient (Wildman–Crippen LogP) is 2.98. The number of rotatable bonds is 4. The fraction of sp³-hybridized carbons (Fsp3) is 0.133. The summed E-state index contributed by atoms with van der Waals surface area (Å²) in [7, 11) is -1.54. The Hall–Kier alpha value is -1.85. The molecule has 0 fully saturated rings. The van der Waals surface area contributed by atoms with Crippen LogP contribution in [0, 0.1) is 6.92 Å². The summed E-state index contributed by atoms with van der Waals surface area (Å²) in [6.45, 7) is 1.89. The maximum absolute atomic E-state index is 12.2. The van der Waals surface area contributed by atoms with Gasteiger partial charge in [-0.05, 0) is 36.8 Å². The van der Waals surface area contributed by atoms with Gasteiger partial charge in [0.15, 0.2) is 0 Å². The average Bonchev–Trinajstić information content (AvgIpc) is 2.44. The number of nitrogen functional groups attached to an aromatic ring is 1. The van der Waals surface area contributed by atoms with Gasteiger partial charge in [0.2, 0.25) is 5.91 Å². The molecule has 0 aliphatic rings. The zero-order chi connectivity index (χ0) is 15.4. The lowest BCUT2D eigenvalue weighted by atomic mass is 10.2. The van der Waals surface area contributed by atoms with Crippen molar-refractivity contribution in [3.8, 4) is 0 Å². The van der Waals surface area contributed by atoms with Crippen LogP contribution in [-0.4, -0.2) is 15.9 Å². The topological polar surface area (TPSA) is 72.2 Å². The third-order valence-electron chi connectivity index (χ3n) is 2.90. The van der Waals surface area contributed by atoms with E-state index >= 15 is 0 Å². The smallest absolute Gasteiger partial charge is 0.237 e. The third-order valence-corrected chi connectivity index (χ3v) is 4.51. The number of benzene rings is 2. The van der Waals surface area contributed by atoms with Gasteiger partial charge in [-0.15, -0.1) is 0 Å². The highest BCUT2D eigenvalue weighted by Gasteiger charge is 2.14. The molecule has 0 saturated carbocycles. The van der Waals surface area contributed by atoms with E-state index in [1.54, 1.807) is 18.2 Å². The first kappa shape index (κ1) is 15.5.